The van der Waals surface area contributed by atoms with Crippen LogP contribution in [0.25, 0.3) is 0 Å². The molecule has 2 aromatic carbocycles. The molecule has 4 rings (SSSR count). The number of hydrogen-bond acceptors (Lipinski definition) is 17. The number of methoxy groups -OCH3 is 2. The van der Waals surface area contributed by atoms with Crippen LogP contribution in [0.4, 0.5) is 10.5 Å². The van der Waals surface area contributed by atoms with Crippen LogP contribution in [0, 0.1) is 52.0 Å². The van der Waals surface area contributed by atoms with Gasteiger partial charge in [0.15, 0.2) is 11.9 Å². The summed E-state index contributed by atoms with van der Waals surface area (Å²) in [6.45, 7) is 12.7. The first kappa shape index (κ1) is 66.8. The maximum Gasteiger partial charge on any atom is 0.410 e. The number of carboxylic acid groups (broad SMARTS) is 2. The molecule has 2 aliphatic heterocycles. The van der Waals surface area contributed by atoms with E-state index in [9.17, 15) is 69.2 Å². The number of carboxylic acids is 2. The Morgan fingerprint density at radius 2 is 1.56 bits per heavy atom. The van der Waals surface area contributed by atoms with E-state index in [2.05, 4.69) is 11.2 Å². The lowest BCUT2D eigenvalue weighted by Crippen LogP contribution is -2.61. The minimum absolute atomic E-state index is 0.00724. The first-order valence-corrected chi connectivity index (χ1v) is 27.1. The number of ketones is 1. The van der Waals surface area contributed by atoms with Gasteiger partial charge >= 0.3 is 23.7 Å². The number of carbonyl (C=O) groups excluding carboxylic acids is 5. The summed E-state index contributed by atoms with van der Waals surface area (Å²) in [6, 6.07) is 8.67. The first-order valence-electron chi connectivity index (χ1n) is 27.1. The third-order valence-corrected chi connectivity index (χ3v) is 15.5. The summed E-state index contributed by atoms with van der Waals surface area (Å²) in [7, 11) is 5.77. The SMILES string of the molecule is C#CC[C@H](OC(=O)N(C)[C@H](C(=O)N[C@H](C(=O)N(C)[C@@H]([C@@H](C)CC)[C@@H](CC(=O)N1CCC[C@H]1[C@H](OC)[C@@H](C)C(=O)C[C@@H](Cc1ccccc1)C(=O)O)OC)C(C)C)C(C)C)c1ccc(O[C@@H]2O[C@H](C(=O)O)[C@@H](O)[C@H](O)[C@H]2O)c([N+](=O)[O-])c1. The smallest absolute Gasteiger partial charge is 0.410 e. The summed E-state index contributed by atoms with van der Waals surface area (Å²) < 4.78 is 28.3. The van der Waals surface area contributed by atoms with Crippen LogP contribution in [-0.4, -0.2) is 189 Å². The summed E-state index contributed by atoms with van der Waals surface area (Å²) in [5.41, 5.74) is 0.0146. The molecule has 0 unspecified atom stereocenters. The van der Waals surface area contributed by atoms with Crippen molar-refractivity contribution in [2.45, 2.75) is 167 Å². The number of nitro benzene ring substituents is 1. The molecule has 2 fully saturated rings. The molecule has 0 aromatic heterocycles. The summed E-state index contributed by atoms with van der Waals surface area (Å²) in [5, 5.41) is 65.4. The molecule has 2 heterocycles. The minimum atomic E-state index is -2.06. The highest BCUT2D eigenvalue weighted by molar-refractivity contribution is 5.92. The lowest BCUT2D eigenvalue weighted by atomic mass is 9.85. The van der Waals surface area contributed by atoms with Gasteiger partial charge in [-0.2, -0.15) is 0 Å². The Morgan fingerprint density at radius 1 is 0.901 bits per heavy atom. The zero-order chi connectivity index (χ0) is 60.7. The Kier molecular flexibility index (Phi) is 25.0. The number of Topliss-reactive ketones (excluding diaryl/α,β-unsaturated/α-hetero) is 1. The topological polar surface area (TPSA) is 332 Å². The lowest BCUT2D eigenvalue weighted by molar-refractivity contribution is -0.387. The molecule has 6 N–H and O–H groups in total. The molecule has 15 atom stereocenters. The van der Waals surface area contributed by atoms with Gasteiger partial charge in [0.05, 0.1) is 48.0 Å². The van der Waals surface area contributed by atoms with Crippen molar-refractivity contribution in [3.05, 3.63) is 69.8 Å². The monoisotopic (exact) mass is 1140 g/mol. The summed E-state index contributed by atoms with van der Waals surface area (Å²) in [4.78, 5) is 111. The Balaban J connectivity index is 1.51. The lowest BCUT2D eigenvalue weighted by Gasteiger charge is -2.41. The largest absolute Gasteiger partial charge is 0.481 e. The Hall–Kier alpha value is -6.75. The molecule has 0 spiro atoms. The number of likely N-dealkylation sites (N-methyl/N-ethyl adjacent to an activating group) is 2. The van der Waals surface area contributed by atoms with E-state index in [4.69, 9.17) is 30.1 Å². The first-order chi connectivity index (χ1) is 38.1. The molecule has 0 bridgehead atoms. The van der Waals surface area contributed by atoms with E-state index in [0.717, 1.165) is 22.6 Å². The van der Waals surface area contributed by atoms with Gasteiger partial charge in [-0.15, -0.1) is 12.3 Å². The zero-order valence-electron chi connectivity index (χ0n) is 47.9. The number of nitro groups is 1. The molecule has 81 heavy (non-hydrogen) atoms. The van der Waals surface area contributed by atoms with Crippen molar-refractivity contribution >= 4 is 47.2 Å². The third kappa shape index (κ3) is 16.7. The van der Waals surface area contributed by atoms with Crippen molar-refractivity contribution in [3.8, 4) is 18.1 Å². The van der Waals surface area contributed by atoms with Gasteiger partial charge < -0.3 is 64.3 Å². The fraction of sp³-hybridized carbons (Fsp3) is 0.632. The molecule has 0 radical (unpaired) electrons. The second-order valence-corrected chi connectivity index (χ2v) is 21.6. The molecular formula is C57H81N5O19. The number of terminal acetylenes is 1. The van der Waals surface area contributed by atoms with Crippen molar-refractivity contribution in [1.29, 1.82) is 0 Å². The molecule has 448 valence electrons. The van der Waals surface area contributed by atoms with E-state index in [0.29, 0.717) is 25.8 Å². The van der Waals surface area contributed by atoms with Crippen LogP contribution in [0.3, 0.4) is 0 Å². The van der Waals surface area contributed by atoms with Gasteiger partial charge in [-0.3, -0.25) is 39.0 Å². The maximum atomic E-state index is 14.8. The average Bonchev–Trinajstić information content (AvgIpc) is 3.95. The Morgan fingerprint density at radius 3 is 2.10 bits per heavy atom. The molecule has 2 saturated heterocycles. The summed E-state index contributed by atoms with van der Waals surface area (Å²) in [5.74, 6) is -5.86. The fourth-order valence-corrected chi connectivity index (χ4v) is 10.7. The van der Waals surface area contributed by atoms with Gasteiger partial charge in [-0.05, 0) is 48.6 Å². The number of nitrogens with zero attached hydrogens (tertiary/aromatic N) is 4. The number of aliphatic hydroxyl groups excluding tert-OH is 3. The highest BCUT2D eigenvalue weighted by atomic mass is 16.7. The Bertz CT molecular complexity index is 2540. The van der Waals surface area contributed by atoms with E-state index in [-0.39, 0.29) is 48.9 Å². The van der Waals surface area contributed by atoms with Gasteiger partial charge in [0.1, 0.15) is 42.3 Å². The number of aliphatic carboxylic acids is 2. The summed E-state index contributed by atoms with van der Waals surface area (Å²) >= 11 is 0. The minimum Gasteiger partial charge on any atom is -0.481 e. The molecule has 24 nitrogen and oxygen atoms in total. The number of hydrogen-bond donors (Lipinski definition) is 6. The van der Waals surface area contributed by atoms with E-state index < -0.39 is 143 Å². The molecule has 2 aromatic rings. The van der Waals surface area contributed by atoms with E-state index in [1.165, 1.54) is 32.2 Å². The fourth-order valence-electron chi connectivity index (χ4n) is 10.7. The van der Waals surface area contributed by atoms with Crippen molar-refractivity contribution in [2.24, 2.45) is 29.6 Å². The number of nitrogens with one attached hydrogen (secondary N) is 1. The average molecular weight is 1140 g/mol. The van der Waals surface area contributed by atoms with Crippen LogP contribution >= 0.6 is 0 Å². The number of likely N-dealkylation sites (tertiary alicyclic amines) is 1. The zero-order valence-corrected chi connectivity index (χ0v) is 47.9. The van der Waals surface area contributed by atoms with Crippen molar-refractivity contribution in [3.63, 3.8) is 0 Å². The molecule has 0 saturated carbocycles. The van der Waals surface area contributed by atoms with Gasteiger partial charge in [0.2, 0.25) is 24.0 Å². The molecular weight excluding hydrogens is 1060 g/mol. The van der Waals surface area contributed by atoms with Gasteiger partial charge in [-0.1, -0.05) is 91.3 Å². The second kappa shape index (κ2) is 30.3. The van der Waals surface area contributed by atoms with Gasteiger partial charge in [-0.25, -0.2) is 9.59 Å². The predicted octanol–water partition coefficient (Wildman–Crippen LogP) is 3.99. The highest BCUT2D eigenvalue weighted by Crippen LogP contribution is 2.36. The molecule has 0 aliphatic carbocycles. The molecule has 4 amide bonds. The number of carbonyl (C=O) groups is 7. The molecule has 24 heteroatoms. The maximum absolute atomic E-state index is 14.8. The molecule has 2 aliphatic rings. The van der Waals surface area contributed by atoms with E-state index in [1.807, 2.05) is 32.0 Å². The van der Waals surface area contributed by atoms with Crippen LogP contribution < -0.4 is 10.1 Å². The van der Waals surface area contributed by atoms with E-state index >= 15 is 0 Å². The third-order valence-electron chi connectivity index (χ3n) is 15.5. The number of rotatable bonds is 29. The van der Waals surface area contributed by atoms with Crippen LogP contribution in [0.5, 0.6) is 5.75 Å². The van der Waals surface area contributed by atoms with Gasteiger partial charge in [0, 0.05) is 58.8 Å². The number of ether oxygens (including phenoxy) is 5. The quantitative estimate of drug-likeness (QED) is 0.0381. The number of amides is 4. The van der Waals surface area contributed by atoms with Gasteiger partial charge in [0.25, 0.3) is 0 Å². The van der Waals surface area contributed by atoms with Crippen LogP contribution in [0.2, 0.25) is 0 Å². The number of benzene rings is 2. The normalized spacial score (nSPS) is 22.4. The van der Waals surface area contributed by atoms with Crippen LogP contribution in [-0.2, 0) is 54.1 Å². The number of aliphatic hydroxyl groups is 3. The van der Waals surface area contributed by atoms with Crippen LogP contribution in [0.1, 0.15) is 104 Å². The van der Waals surface area contributed by atoms with Crippen LogP contribution in [0.15, 0.2) is 48.5 Å². The summed E-state index contributed by atoms with van der Waals surface area (Å²) in [6.07, 6.45) is -7.34. The second-order valence-electron chi connectivity index (χ2n) is 21.6. The standard InChI is InChI=1S/C57H81N5O19/c1-13-19-40(35-23-24-41(38(27-35)62(75)76)79-56-49(67)47(65)48(66)51(81-56)55(72)73)80-57(74)60(10)45(31(5)6)52(68)58-44(30(3)4)53(69)59(9)46(32(7)14-2)42(77-11)29-43(64)61-25-18-22-37(61)50(78-12)33(8)39(63)28-36(54(70)71)26-34-20-16-15-17-21-34/h1,15-17,20-21,23-24,27,30-33,36-37,40,42,44-51,56,65-67H,14,18-19,22,25-26,28-29H2,2-12H3,(H,58,68)(H,70,71)(H,72,73)/t32-,33-,36+,37-,40-,42+,44-,45-,46-,47-,48-,49+,50+,51-,56+/m0/s1. The Labute approximate surface area is 472 Å². The van der Waals surface area contributed by atoms with Crippen molar-refractivity contribution in [1.82, 2.24) is 20.0 Å². The van der Waals surface area contributed by atoms with Crippen molar-refractivity contribution in [2.75, 3.05) is 34.9 Å². The predicted molar refractivity (Wildman–Crippen MR) is 291 cm³/mol. The highest BCUT2D eigenvalue weighted by Gasteiger charge is 2.49. The van der Waals surface area contributed by atoms with E-state index in [1.54, 1.807) is 58.7 Å². The van der Waals surface area contributed by atoms with Crippen molar-refractivity contribution < 1.29 is 87.7 Å².